The molecule has 0 aromatic carbocycles. The first kappa shape index (κ1) is 11.3. The first-order valence-corrected chi connectivity index (χ1v) is 5.92. The summed E-state index contributed by atoms with van der Waals surface area (Å²) in [5, 5.41) is 12.8. The van der Waals surface area contributed by atoms with Crippen molar-refractivity contribution in [3.05, 3.63) is 0 Å². The lowest BCUT2D eigenvalue weighted by molar-refractivity contribution is 0.176. The van der Waals surface area contributed by atoms with E-state index in [0.717, 1.165) is 25.3 Å². The zero-order valence-corrected chi connectivity index (χ0v) is 9.36. The second-order valence-corrected chi connectivity index (χ2v) is 5.08. The Morgan fingerprint density at radius 2 is 2.31 bits per heavy atom. The van der Waals surface area contributed by atoms with Gasteiger partial charge in [-0.05, 0) is 26.3 Å². The van der Waals surface area contributed by atoms with Crippen LogP contribution in [0.2, 0.25) is 0 Å². The Morgan fingerprint density at radius 3 is 2.77 bits per heavy atom. The number of hydrogen-bond donors (Lipinski definition) is 2. The van der Waals surface area contributed by atoms with Gasteiger partial charge in [-0.25, -0.2) is 0 Å². The zero-order valence-electron chi connectivity index (χ0n) is 8.55. The Labute approximate surface area is 84.9 Å². The van der Waals surface area contributed by atoms with Crippen LogP contribution < -0.4 is 5.32 Å². The molecule has 1 heterocycles. The number of rotatable bonds is 5. The molecule has 1 aliphatic heterocycles. The van der Waals surface area contributed by atoms with Crippen molar-refractivity contribution in [2.24, 2.45) is 0 Å². The maximum Gasteiger partial charge on any atom is 0.0621 e. The Morgan fingerprint density at radius 1 is 1.54 bits per heavy atom. The van der Waals surface area contributed by atoms with E-state index in [4.69, 9.17) is 0 Å². The average molecular weight is 204 g/mol. The molecule has 78 valence electrons. The lowest BCUT2D eigenvalue weighted by Gasteiger charge is -2.28. The number of aliphatic hydroxyl groups is 1. The van der Waals surface area contributed by atoms with Crippen molar-refractivity contribution < 1.29 is 5.11 Å². The number of hydrogen-bond acceptors (Lipinski definition) is 4. The lowest BCUT2D eigenvalue weighted by atomic mass is 10.0. The van der Waals surface area contributed by atoms with Gasteiger partial charge < -0.3 is 15.3 Å². The fraction of sp³-hybridized carbons (Fsp3) is 1.00. The molecule has 1 rings (SSSR count). The van der Waals surface area contributed by atoms with Crippen LogP contribution in [0.4, 0.5) is 0 Å². The maximum atomic E-state index is 9.29. The molecule has 1 aliphatic rings. The van der Waals surface area contributed by atoms with Crippen LogP contribution in [0.1, 0.15) is 6.42 Å². The van der Waals surface area contributed by atoms with Gasteiger partial charge in [0.05, 0.1) is 12.1 Å². The van der Waals surface area contributed by atoms with Gasteiger partial charge in [0.25, 0.3) is 0 Å². The van der Waals surface area contributed by atoms with E-state index >= 15 is 0 Å². The van der Waals surface area contributed by atoms with E-state index in [1.807, 2.05) is 11.8 Å². The summed E-state index contributed by atoms with van der Waals surface area (Å²) in [6.45, 7) is 2.27. The molecule has 0 saturated carbocycles. The molecule has 3 nitrogen and oxygen atoms in total. The van der Waals surface area contributed by atoms with Gasteiger partial charge in [0.1, 0.15) is 0 Å². The third-order valence-electron chi connectivity index (χ3n) is 2.46. The molecule has 1 unspecified atom stereocenters. The summed E-state index contributed by atoms with van der Waals surface area (Å²) in [7, 11) is 4.13. The van der Waals surface area contributed by atoms with Crippen molar-refractivity contribution in [1.29, 1.82) is 0 Å². The van der Waals surface area contributed by atoms with Crippen LogP contribution in [-0.2, 0) is 0 Å². The van der Waals surface area contributed by atoms with Crippen molar-refractivity contribution in [3.8, 4) is 0 Å². The second kappa shape index (κ2) is 5.20. The van der Waals surface area contributed by atoms with Gasteiger partial charge >= 0.3 is 0 Å². The molecule has 2 N–H and O–H groups in total. The largest absolute Gasteiger partial charge is 0.394 e. The molecular formula is C9H20N2OS. The fourth-order valence-electron chi connectivity index (χ4n) is 1.47. The van der Waals surface area contributed by atoms with E-state index in [2.05, 4.69) is 24.3 Å². The second-order valence-electron chi connectivity index (χ2n) is 3.97. The highest BCUT2D eigenvalue weighted by atomic mass is 32.2. The molecule has 0 aliphatic carbocycles. The van der Waals surface area contributed by atoms with Crippen LogP contribution in [0.15, 0.2) is 0 Å². The van der Waals surface area contributed by atoms with E-state index in [0.29, 0.717) is 0 Å². The average Bonchev–Trinajstić information content (AvgIpc) is 2.53. The Bertz CT molecular complexity index is 147. The van der Waals surface area contributed by atoms with E-state index in [1.165, 1.54) is 5.75 Å². The summed E-state index contributed by atoms with van der Waals surface area (Å²) in [5.74, 6) is 2.23. The van der Waals surface area contributed by atoms with Crippen LogP contribution in [-0.4, -0.2) is 60.8 Å². The molecule has 4 heteroatoms. The van der Waals surface area contributed by atoms with E-state index in [-0.39, 0.29) is 12.1 Å². The highest BCUT2D eigenvalue weighted by Crippen LogP contribution is 2.27. The fourth-order valence-corrected chi connectivity index (χ4v) is 2.88. The molecular weight excluding hydrogens is 184 g/mol. The molecule has 0 radical (unpaired) electrons. The van der Waals surface area contributed by atoms with Crippen LogP contribution in [0.25, 0.3) is 0 Å². The summed E-state index contributed by atoms with van der Waals surface area (Å²) < 4.78 is 0. The lowest BCUT2D eigenvalue weighted by Crippen LogP contribution is -2.50. The predicted molar refractivity (Wildman–Crippen MR) is 58.3 cm³/mol. The normalized spacial score (nSPS) is 28.6. The predicted octanol–water partition coefficient (Wildman–Crippen LogP) is 0.00560. The summed E-state index contributed by atoms with van der Waals surface area (Å²) in [4.78, 5) is 2.15. The highest BCUT2D eigenvalue weighted by molar-refractivity contribution is 7.99. The highest BCUT2D eigenvalue weighted by Gasteiger charge is 2.32. The monoisotopic (exact) mass is 204 g/mol. The molecule has 0 amide bonds. The van der Waals surface area contributed by atoms with E-state index < -0.39 is 0 Å². The Kier molecular flexibility index (Phi) is 4.52. The SMILES string of the molecule is CN(C)CCNC1(CO)CCSC1. The number of likely N-dealkylation sites (N-methyl/N-ethyl adjacent to an activating group) is 1. The topological polar surface area (TPSA) is 35.5 Å². The van der Waals surface area contributed by atoms with Crippen LogP contribution in [0, 0.1) is 0 Å². The third-order valence-corrected chi connectivity index (χ3v) is 3.71. The van der Waals surface area contributed by atoms with Gasteiger partial charge in [-0.1, -0.05) is 0 Å². The minimum absolute atomic E-state index is 0.0146. The number of nitrogens with zero attached hydrogens (tertiary/aromatic N) is 1. The van der Waals surface area contributed by atoms with Crippen molar-refractivity contribution in [2.75, 3.05) is 45.3 Å². The van der Waals surface area contributed by atoms with Crippen molar-refractivity contribution in [3.63, 3.8) is 0 Å². The summed E-state index contributed by atoms with van der Waals surface area (Å²) >= 11 is 1.93. The van der Waals surface area contributed by atoms with Gasteiger partial charge in [0.2, 0.25) is 0 Å². The van der Waals surface area contributed by atoms with Gasteiger partial charge in [-0.3, -0.25) is 0 Å². The Hall–Kier alpha value is 0.230. The van der Waals surface area contributed by atoms with E-state index in [1.54, 1.807) is 0 Å². The number of thioether (sulfide) groups is 1. The van der Waals surface area contributed by atoms with Gasteiger partial charge in [-0.2, -0.15) is 11.8 Å². The molecule has 1 saturated heterocycles. The summed E-state index contributed by atoms with van der Waals surface area (Å²) in [5.41, 5.74) is 0.0146. The summed E-state index contributed by atoms with van der Waals surface area (Å²) in [6.07, 6.45) is 1.10. The third kappa shape index (κ3) is 3.46. The maximum absolute atomic E-state index is 9.29. The van der Waals surface area contributed by atoms with Crippen molar-refractivity contribution in [2.45, 2.75) is 12.0 Å². The molecule has 13 heavy (non-hydrogen) atoms. The zero-order chi connectivity index (χ0) is 9.73. The quantitative estimate of drug-likeness (QED) is 0.661. The molecule has 0 bridgehead atoms. The minimum Gasteiger partial charge on any atom is -0.394 e. The molecule has 1 atom stereocenters. The first-order valence-electron chi connectivity index (χ1n) is 4.77. The molecule has 0 spiro atoms. The number of nitrogens with one attached hydrogen (secondary N) is 1. The first-order chi connectivity index (χ1) is 6.18. The molecule has 1 fully saturated rings. The summed E-state index contributed by atoms with van der Waals surface area (Å²) in [6, 6.07) is 0. The van der Waals surface area contributed by atoms with Gasteiger partial charge in [0.15, 0.2) is 0 Å². The Balaban J connectivity index is 2.23. The number of aliphatic hydroxyl groups excluding tert-OH is 1. The molecule has 0 aromatic rings. The van der Waals surface area contributed by atoms with Gasteiger partial charge in [-0.15, -0.1) is 0 Å². The van der Waals surface area contributed by atoms with Crippen molar-refractivity contribution in [1.82, 2.24) is 10.2 Å². The van der Waals surface area contributed by atoms with Crippen LogP contribution in [0.5, 0.6) is 0 Å². The van der Waals surface area contributed by atoms with Crippen LogP contribution in [0.3, 0.4) is 0 Å². The van der Waals surface area contributed by atoms with Gasteiger partial charge in [0, 0.05) is 18.8 Å². The molecule has 0 aromatic heterocycles. The minimum atomic E-state index is 0.0146. The standard InChI is InChI=1S/C9H20N2OS/c1-11(2)5-4-10-9(7-12)3-6-13-8-9/h10,12H,3-8H2,1-2H3. The van der Waals surface area contributed by atoms with E-state index in [9.17, 15) is 5.11 Å². The smallest absolute Gasteiger partial charge is 0.0621 e. The van der Waals surface area contributed by atoms with Crippen LogP contribution >= 0.6 is 11.8 Å². The van der Waals surface area contributed by atoms with Crippen molar-refractivity contribution >= 4 is 11.8 Å².